The van der Waals surface area contributed by atoms with Gasteiger partial charge in [0.15, 0.2) is 0 Å². The summed E-state index contributed by atoms with van der Waals surface area (Å²) in [5.74, 6) is -1.70. The number of allylic oxidation sites excluding steroid dienone is 1. The van der Waals surface area contributed by atoms with Crippen LogP contribution in [-0.4, -0.2) is 73.2 Å². The molecule has 3 aliphatic rings. The largest absolute Gasteiger partial charge is 0.508 e. The quantitative estimate of drug-likeness (QED) is 0.306. The number of aliphatic carboxylic acids is 1. The van der Waals surface area contributed by atoms with Gasteiger partial charge in [-0.05, 0) is 52.8 Å². The normalized spacial score (nSPS) is 21.6. The second kappa shape index (κ2) is 12.1. The molecule has 11 heteroatoms. The van der Waals surface area contributed by atoms with Gasteiger partial charge in [0.1, 0.15) is 22.9 Å². The zero-order valence-electron chi connectivity index (χ0n) is 21.4. The first-order chi connectivity index (χ1) is 19.3. The highest BCUT2D eigenvalue weighted by molar-refractivity contribution is 8.02. The molecule has 2 atom stereocenters. The lowest BCUT2D eigenvalue weighted by molar-refractivity contribution is -0.150. The molecule has 2 fully saturated rings. The van der Waals surface area contributed by atoms with Gasteiger partial charge in [0, 0.05) is 24.4 Å². The summed E-state index contributed by atoms with van der Waals surface area (Å²) in [7, 11) is 0. The van der Waals surface area contributed by atoms with Crippen LogP contribution in [0.15, 0.2) is 82.9 Å². The number of hydrogen-bond acceptors (Lipinski definition) is 7. The van der Waals surface area contributed by atoms with Crippen molar-refractivity contribution in [2.75, 3.05) is 18.1 Å². The van der Waals surface area contributed by atoms with Gasteiger partial charge in [-0.2, -0.15) is 0 Å². The van der Waals surface area contributed by atoms with Crippen molar-refractivity contribution in [3.8, 4) is 5.75 Å². The van der Waals surface area contributed by atoms with Crippen LogP contribution in [-0.2, 0) is 25.7 Å². The summed E-state index contributed by atoms with van der Waals surface area (Å²) in [4.78, 5) is 53.5. The second-order valence-corrected chi connectivity index (χ2v) is 11.5. The number of fused-ring (bicyclic) bond motifs is 1. The maximum Gasteiger partial charge on any atom is 0.352 e. The molecule has 0 aliphatic carbocycles. The highest BCUT2D eigenvalue weighted by Gasteiger charge is 2.54. The molecule has 0 radical (unpaired) electrons. The number of carbonyl (C=O) groups is 4. The molecule has 3 N–H and O–H groups in total. The maximum atomic E-state index is 13.0. The average Bonchev–Trinajstić information content (AvgIpc) is 3.28. The van der Waals surface area contributed by atoms with E-state index in [2.05, 4.69) is 5.32 Å². The minimum Gasteiger partial charge on any atom is -0.508 e. The van der Waals surface area contributed by atoms with Crippen molar-refractivity contribution >= 4 is 53.3 Å². The van der Waals surface area contributed by atoms with Gasteiger partial charge in [-0.25, -0.2) is 4.79 Å². The molecule has 3 amide bonds. The molecular weight excluding hydrogens is 550 g/mol. The SMILES string of the molecule is O=C(CS/C=C\c1ccccc1)N[C@@H]1C(=O)N2C(C(=O)O)=C(/C=C3\CCN(Cc4cccc(O)c4)C3=O)CS[C@H]12. The summed E-state index contributed by atoms with van der Waals surface area (Å²) in [6.45, 7) is 0.805. The van der Waals surface area contributed by atoms with Gasteiger partial charge >= 0.3 is 5.97 Å². The van der Waals surface area contributed by atoms with Gasteiger partial charge in [0.2, 0.25) is 11.8 Å². The van der Waals surface area contributed by atoms with Crippen LogP contribution in [0.5, 0.6) is 5.75 Å². The van der Waals surface area contributed by atoms with Crippen molar-refractivity contribution in [2.24, 2.45) is 0 Å². The monoisotopic (exact) mass is 577 g/mol. The number of hydrogen-bond donors (Lipinski definition) is 3. The number of carboxylic acids is 1. The van der Waals surface area contributed by atoms with Crippen LogP contribution in [0.1, 0.15) is 17.5 Å². The lowest BCUT2D eigenvalue weighted by Crippen LogP contribution is -2.70. The number of rotatable bonds is 9. The summed E-state index contributed by atoms with van der Waals surface area (Å²) in [6, 6.07) is 15.6. The topological polar surface area (TPSA) is 127 Å². The summed E-state index contributed by atoms with van der Waals surface area (Å²) in [5.41, 5.74) is 2.54. The Labute approximate surface area is 239 Å². The van der Waals surface area contributed by atoms with Gasteiger partial charge in [0.05, 0.1) is 5.75 Å². The molecule has 3 aliphatic heterocycles. The van der Waals surface area contributed by atoms with E-state index >= 15 is 0 Å². The molecule has 2 aromatic rings. The van der Waals surface area contributed by atoms with Gasteiger partial charge in [0.25, 0.3) is 5.91 Å². The lowest BCUT2D eigenvalue weighted by Gasteiger charge is -2.49. The Morgan fingerprint density at radius 2 is 1.93 bits per heavy atom. The van der Waals surface area contributed by atoms with Crippen LogP contribution in [0.4, 0.5) is 0 Å². The number of thioether (sulfide) groups is 2. The number of phenols is 1. The van der Waals surface area contributed by atoms with E-state index in [1.807, 2.05) is 47.9 Å². The molecule has 9 nitrogen and oxygen atoms in total. The van der Waals surface area contributed by atoms with Crippen molar-refractivity contribution in [3.05, 3.63) is 94.1 Å². The van der Waals surface area contributed by atoms with Gasteiger partial charge in [-0.3, -0.25) is 19.3 Å². The van der Waals surface area contributed by atoms with Crippen LogP contribution in [0.3, 0.4) is 0 Å². The second-order valence-electron chi connectivity index (χ2n) is 9.47. The van der Waals surface area contributed by atoms with Crippen LogP contribution in [0.2, 0.25) is 0 Å². The molecule has 0 saturated carbocycles. The highest BCUT2D eigenvalue weighted by atomic mass is 32.2. The lowest BCUT2D eigenvalue weighted by atomic mass is 10.0. The van der Waals surface area contributed by atoms with Gasteiger partial charge in [-0.15, -0.1) is 23.5 Å². The third-order valence-electron chi connectivity index (χ3n) is 6.73. The molecule has 2 saturated heterocycles. The zero-order valence-corrected chi connectivity index (χ0v) is 23.0. The molecule has 0 aromatic heterocycles. The van der Waals surface area contributed by atoms with Gasteiger partial charge in [-0.1, -0.05) is 42.5 Å². The van der Waals surface area contributed by atoms with Crippen molar-refractivity contribution < 1.29 is 29.4 Å². The Balaban J connectivity index is 1.21. The predicted octanol–water partition coefficient (Wildman–Crippen LogP) is 3.19. The Hall–Kier alpha value is -3.96. The number of nitrogens with one attached hydrogen (secondary N) is 1. The van der Waals surface area contributed by atoms with Crippen LogP contribution in [0, 0.1) is 0 Å². The summed E-state index contributed by atoms with van der Waals surface area (Å²) >= 11 is 2.67. The molecular formula is C29H27N3O6S2. The Kier molecular flexibility index (Phi) is 8.32. The van der Waals surface area contributed by atoms with E-state index in [1.54, 1.807) is 29.2 Å². The fourth-order valence-corrected chi connectivity index (χ4v) is 6.71. The number of carbonyl (C=O) groups excluding carboxylic acids is 3. The smallest absolute Gasteiger partial charge is 0.352 e. The van der Waals surface area contributed by atoms with Crippen LogP contribution in [0.25, 0.3) is 6.08 Å². The number of likely N-dealkylation sites (tertiary alicyclic amines) is 1. The molecule has 0 bridgehead atoms. The number of phenolic OH excluding ortho intramolecular Hbond substituents is 1. The fraction of sp³-hybridized carbons (Fsp3) is 0.241. The van der Waals surface area contributed by atoms with E-state index in [0.717, 1.165) is 11.1 Å². The molecule has 0 unspecified atom stereocenters. The molecule has 206 valence electrons. The van der Waals surface area contributed by atoms with E-state index in [-0.39, 0.29) is 29.0 Å². The molecule has 0 spiro atoms. The number of aromatic hydroxyl groups is 1. The Morgan fingerprint density at radius 1 is 1.12 bits per heavy atom. The number of benzene rings is 2. The Bertz CT molecular complexity index is 1440. The van der Waals surface area contributed by atoms with Crippen molar-refractivity contribution in [1.29, 1.82) is 0 Å². The van der Waals surface area contributed by atoms with Gasteiger partial charge < -0.3 is 20.4 Å². The first-order valence-electron chi connectivity index (χ1n) is 12.6. The molecule has 5 rings (SSSR count). The van der Waals surface area contributed by atoms with Crippen LogP contribution >= 0.6 is 23.5 Å². The van der Waals surface area contributed by atoms with Crippen molar-refractivity contribution in [1.82, 2.24) is 15.1 Å². The molecule has 40 heavy (non-hydrogen) atoms. The molecule has 2 aromatic carbocycles. The minimum absolute atomic E-state index is 0.123. The van der Waals surface area contributed by atoms with E-state index in [4.69, 9.17) is 0 Å². The summed E-state index contributed by atoms with van der Waals surface area (Å²) < 4.78 is 0. The highest BCUT2D eigenvalue weighted by Crippen LogP contribution is 2.41. The third-order valence-corrected chi connectivity index (χ3v) is 8.79. The fourth-order valence-electron chi connectivity index (χ4n) is 4.82. The van der Waals surface area contributed by atoms with E-state index in [9.17, 15) is 29.4 Å². The van der Waals surface area contributed by atoms with Crippen molar-refractivity contribution in [3.63, 3.8) is 0 Å². The maximum absolute atomic E-state index is 13.0. The zero-order chi connectivity index (χ0) is 28.2. The first-order valence-corrected chi connectivity index (χ1v) is 14.7. The number of β-lactam (4-membered cyclic amide) rings is 1. The standard InChI is InChI=1S/C29H27N3O6S2/c33-22-8-4-7-19(13-22)15-31-11-9-20(26(31)35)14-21-16-40-28-24(27(36)32(28)25(21)29(37)38)30-23(34)17-39-12-10-18-5-2-1-3-6-18/h1-8,10,12-14,24,28,33H,9,11,15-17H2,(H,30,34)(H,37,38)/b12-10-,20-14+/t24-,28-/m1/s1. The third kappa shape index (κ3) is 5.95. The Morgan fingerprint density at radius 3 is 2.67 bits per heavy atom. The van der Waals surface area contributed by atoms with E-state index < -0.39 is 23.3 Å². The van der Waals surface area contributed by atoms with E-state index in [0.29, 0.717) is 36.4 Å². The van der Waals surface area contributed by atoms with E-state index in [1.165, 1.54) is 28.4 Å². The van der Waals surface area contributed by atoms with Crippen molar-refractivity contribution in [2.45, 2.75) is 24.4 Å². The first kappa shape index (κ1) is 27.6. The minimum atomic E-state index is -1.25. The molecule has 3 heterocycles. The number of nitrogens with zero attached hydrogens (tertiary/aromatic N) is 2. The summed E-state index contributed by atoms with van der Waals surface area (Å²) in [5, 5.41) is 23.7. The van der Waals surface area contributed by atoms with Crippen LogP contribution < -0.4 is 5.32 Å². The number of amides is 3. The summed E-state index contributed by atoms with van der Waals surface area (Å²) in [6.07, 6.45) is 3.93. The predicted molar refractivity (Wildman–Crippen MR) is 154 cm³/mol. The number of carboxylic acid groups (broad SMARTS) is 1. The average molecular weight is 578 g/mol.